The molecule has 0 saturated heterocycles. The number of thiazole rings is 1. The van der Waals surface area contributed by atoms with E-state index in [9.17, 15) is 4.79 Å². The Labute approximate surface area is 109 Å². The Hall–Kier alpha value is -1.66. The van der Waals surface area contributed by atoms with Crippen molar-refractivity contribution >= 4 is 17.2 Å². The number of hydrogen-bond acceptors (Lipinski definition) is 5. The van der Waals surface area contributed by atoms with Gasteiger partial charge in [-0.15, -0.1) is 11.3 Å². The van der Waals surface area contributed by atoms with Crippen LogP contribution in [0.15, 0.2) is 28.4 Å². The lowest BCUT2D eigenvalue weighted by atomic mass is 10.3. The van der Waals surface area contributed by atoms with E-state index in [1.807, 2.05) is 6.07 Å². The van der Waals surface area contributed by atoms with Crippen LogP contribution in [0.2, 0.25) is 0 Å². The normalized spacial score (nSPS) is 10.6. The van der Waals surface area contributed by atoms with Crippen molar-refractivity contribution < 1.29 is 9.21 Å². The van der Waals surface area contributed by atoms with Crippen LogP contribution in [0.4, 0.5) is 0 Å². The van der Waals surface area contributed by atoms with E-state index >= 15 is 0 Å². The van der Waals surface area contributed by atoms with Gasteiger partial charge in [-0.1, -0.05) is 0 Å². The maximum absolute atomic E-state index is 12.1. The first-order chi connectivity index (χ1) is 8.70. The summed E-state index contributed by atoms with van der Waals surface area (Å²) < 4.78 is 4.97. The van der Waals surface area contributed by atoms with Gasteiger partial charge in [-0.3, -0.25) is 4.79 Å². The highest BCUT2D eigenvalue weighted by molar-refractivity contribution is 7.09. The van der Waals surface area contributed by atoms with Crippen LogP contribution >= 0.6 is 11.3 Å². The molecule has 2 N–H and O–H groups in total. The van der Waals surface area contributed by atoms with Crippen LogP contribution in [-0.2, 0) is 13.0 Å². The third kappa shape index (κ3) is 2.96. The Morgan fingerprint density at radius 3 is 3.11 bits per heavy atom. The lowest BCUT2D eigenvalue weighted by Gasteiger charge is -2.14. The average molecular weight is 265 g/mol. The van der Waals surface area contributed by atoms with E-state index in [2.05, 4.69) is 4.98 Å². The third-order valence-corrected chi connectivity index (χ3v) is 3.38. The fourth-order valence-electron chi connectivity index (χ4n) is 1.57. The van der Waals surface area contributed by atoms with E-state index < -0.39 is 0 Å². The van der Waals surface area contributed by atoms with Crippen LogP contribution in [0.25, 0.3) is 0 Å². The molecule has 6 heteroatoms. The van der Waals surface area contributed by atoms with Crippen molar-refractivity contribution in [2.75, 3.05) is 13.6 Å². The molecule has 1 amide bonds. The van der Waals surface area contributed by atoms with Gasteiger partial charge in [-0.25, -0.2) is 4.98 Å². The Bertz CT molecular complexity index is 507. The fraction of sp³-hybridized carbons (Fsp3) is 0.333. The second-order valence-electron chi connectivity index (χ2n) is 3.96. The molecule has 0 radical (unpaired) electrons. The summed E-state index contributed by atoms with van der Waals surface area (Å²) in [6.07, 6.45) is 3.93. The molecule has 0 aromatic carbocycles. The van der Waals surface area contributed by atoms with Crippen LogP contribution in [0, 0.1) is 0 Å². The van der Waals surface area contributed by atoms with Crippen LogP contribution in [-0.4, -0.2) is 29.4 Å². The van der Waals surface area contributed by atoms with Gasteiger partial charge >= 0.3 is 0 Å². The number of hydrogen-bond donors (Lipinski definition) is 1. The summed E-state index contributed by atoms with van der Waals surface area (Å²) in [6.45, 7) is 1.06. The zero-order valence-corrected chi connectivity index (χ0v) is 10.9. The van der Waals surface area contributed by atoms with Crippen LogP contribution in [0.1, 0.15) is 21.1 Å². The number of furan rings is 1. The Kier molecular flexibility index (Phi) is 4.11. The quantitative estimate of drug-likeness (QED) is 0.889. The molecule has 0 spiro atoms. The lowest BCUT2D eigenvalue weighted by Crippen LogP contribution is -2.26. The summed E-state index contributed by atoms with van der Waals surface area (Å²) in [4.78, 5) is 18.0. The third-order valence-electron chi connectivity index (χ3n) is 2.48. The summed E-state index contributed by atoms with van der Waals surface area (Å²) in [5, 5.41) is 2.68. The van der Waals surface area contributed by atoms with Gasteiger partial charge in [-0.2, -0.15) is 0 Å². The molecule has 2 heterocycles. The molecule has 0 atom stereocenters. The first-order valence-corrected chi connectivity index (χ1v) is 6.49. The standard InChI is InChI=1S/C12H15N3O2S/c1-15(6-9-3-5-17-7-9)12(16)10-8-18-11(14-10)2-4-13/h3,5,7-8H,2,4,6,13H2,1H3. The molecule has 2 aromatic rings. The summed E-state index contributed by atoms with van der Waals surface area (Å²) in [5.74, 6) is -0.0873. The molecule has 2 rings (SSSR count). The summed E-state index contributed by atoms with van der Waals surface area (Å²) >= 11 is 1.47. The van der Waals surface area contributed by atoms with Gasteiger partial charge in [-0.05, 0) is 12.6 Å². The van der Waals surface area contributed by atoms with Gasteiger partial charge in [0.05, 0.1) is 17.5 Å². The van der Waals surface area contributed by atoms with Crippen molar-refractivity contribution in [1.82, 2.24) is 9.88 Å². The molecular weight excluding hydrogens is 250 g/mol. The van der Waals surface area contributed by atoms with E-state index in [0.29, 0.717) is 25.2 Å². The van der Waals surface area contributed by atoms with E-state index in [1.54, 1.807) is 29.9 Å². The topological polar surface area (TPSA) is 72.4 Å². The molecular formula is C12H15N3O2S. The second-order valence-corrected chi connectivity index (χ2v) is 4.90. The molecule has 0 saturated carbocycles. The molecule has 0 fully saturated rings. The second kappa shape index (κ2) is 5.79. The average Bonchev–Trinajstić information content (AvgIpc) is 3.00. The SMILES string of the molecule is CN(Cc1ccoc1)C(=O)c1csc(CCN)n1. The molecule has 18 heavy (non-hydrogen) atoms. The van der Waals surface area contributed by atoms with Crippen molar-refractivity contribution in [3.8, 4) is 0 Å². The molecule has 0 aliphatic heterocycles. The summed E-state index contributed by atoms with van der Waals surface area (Å²) in [6, 6.07) is 1.84. The Balaban J connectivity index is 2.01. The predicted octanol–water partition coefficient (Wildman–Crippen LogP) is 1.51. The highest BCUT2D eigenvalue weighted by Gasteiger charge is 2.15. The molecule has 96 valence electrons. The zero-order valence-electron chi connectivity index (χ0n) is 10.1. The Morgan fingerprint density at radius 1 is 1.61 bits per heavy atom. The number of carbonyl (C=O) groups excluding carboxylic acids is 1. The number of carbonyl (C=O) groups is 1. The van der Waals surface area contributed by atoms with Gasteiger partial charge in [0.1, 0.15) is 5.69 Å². The number of rotatable bonds is 5. The number of aromatic nitrogens is 1. The summed E-state index contributed by atoms with van der Waals surface area (Å²) in [7, 11) is 1.75. The predicted molar refractivity (Wildman–Crippen MR) is 69.4 cm³/mol. The van der Waals surface area contributed by atoms with Gasteiger partial charge in [0, 0.05) is 31.0 Å². The minimum absolute atomic E-state index is 0.0873. The van der Waals surface area contributed by atoms with Crippen LogP contribution in [0.5, 0.6) is 0 Å². The van der Waals surface area contributed by atoms with Gasteiger partial charge in [0.2, 0.25) is 0 Å². The van der Waals surface area contributed by atoms with Gasteiger partial charge in [0.25, 0.3) is 5.91 Å². The largest absolute Gasteiger partial charge is 0.472 e. The summed E-state index contributed by atoms with van der Waals surface area (Å²) in [5.41, 5.74) is 6.90. The highest BCUT2D eigenvalue weighted by atomic mass is 32.1. The first-order valence-electron chi connectivity index (χ1n) is 5.61. The fourth-order valence-corrected chi connectivity index (χ4v) is 2.36. The van der Waals surface area contributed by atoms with E-state index in [-0.39, 0.29) is 5.91 Å². The minimum atomic E-state index is -0.0873. The van der Waals surface area contributed by atoms with Gasteiger partial charge in [0.15, 0.2) is 0 Å². The maximum atomic E-state index is 12.1. The van der Waals surface area contributed by atoms with E-state index in [1.165, 1.54) is 11.3 Å². The maximum Gasteiger partial charge on any atom is 0.273 e. The van der Waals surface area contributed by atoms with Crippen LogP contribution < -0.4 is 5.73 Å². The minimum Gasteiger partial charge on any atom is -0.472 e. The van der Waals surface area contributed by atoms with Crippen molar-refractivity contribution in [3.05, 3.63) is 40.2 Å². The zero-order chi connectivity index (χ0) is 13.0. The first kappa shape index (κ1) is 12.8. The molecule has 5 nitrogen and oxygen atoms in total. The smallest absolute Gasteiger partial charge is 0.273 e. The molecule has 2 aromatic heterocycles. The van der Waals surface area contributed by atoms with E-state index in [0.717, 1.165) is 10.6 Å². The Morgan fingerprint density at radius 2 is 2.44 bits per heavy atom. The van der Waals surface area contributed by atoms with Gasteiger partial charge < -0.3 is 15.1 Å². The van der Waals surface area contributed by atoms with Crippen molar-refractivity contribution in [2.24, 2.45) is 5.73 Å². The number of nitrogens with zero attached hydrogens (tertiary/aromatic N) is 2. The highest BCUT2D eigenvalue weighted by Crippen LogP contribution is 2.13. The molecule has 0 aliphatic carbocycles. The van der Waals surface area contributed by atoms with E-state index in [4.69, 9.17) is 10.2 Å². The van der Waals surface area contributed by atoms with Crippen molar-refractivity contribution in [3.63, 3.8) is 0 Å². The number of nitrogens with two attached hydrogens (primary N) is 1. The molecule has 0 bridgehead atoms. The lowest BCUT2D eigenvalue weighted by molar-refractivity contribution is 0.0779. The van der Waals surface area contributed by atoms with Crippen LogP contribution in [0.3, 0.4) is 0 Å². The molecule has 0 unspecified atom stereocenters. The monoisotopic (exact) mass is 265 g/mol. The van der Waals surface area contributed by atoms with Crippen molar-refractivity contribution in [1.29, 1.82) is 0 Å². The molecule has 0 aliphatic rings. The number of amides is 1. The van der Waals surface area contributed by atoms with Crippen molar-refractivity contribution in [2.45, 2.75) is 13.0 Å².